The van der Waals surface area contributed by atoms with Gasteiger partial charge >= 0.3 is 29.6 Å². The van der Waals surface area contributed by atoms with Crippen molar-refractivity contribution in [2.75, 3.05) is 13.3 Å². The quantitative estimate of drug-likeness (QED) is 0.304. The predicted octanol–water partition coefficient (Wildman–Crippen LogP) is -4.34. The van der Waals surface area contributed by atoms with E-state index >= 15 is 0 Å². The van der Waals surface area contributed by atoms with E-state index in [9.17, 15) is 9.90 Å². The first-order valence-corrected chi connectivity index (χ1v) is 4.30. The maximum Gasteiger partial charge on any atom is 1.00 e. The molecule has 6 heteroatoms. The standard InChI is InChI=1S/C5H8N2O2S.Na/c1-7-6-4(5(8)9)3-10(7)2;/h3H,1-2H3,(H,8,9);/q;+1/p-1. The van der Waals surface area contributed by atoms with Gasteiger partial charge in [0, 0.05) is 12.4 Å². The van der Waals surface area contributed by atoms with E-state index in [4.69, 9.17) is 0 Å². The fourth-order valence-corrected chi connectivity index (χ4v) is 1.40. The molecule has 56 valence electrons. The Morgan fingerprint density at radius 2 is 2.36 bits per heavy atom. The average Bonchev–Trinajstić information content (AvgIpc) is 2.13. The first-order valence-electron chi connectivity index (χ1n) is 2.64. The summed E-state index contributed by atoms with van der Waals surface area (Å²) in [6.45, 7) is 0. The van der Waals surface area contributed by atoms with Crippen molar-refractivity contribution in [2.24, 2.45) is 5.10 Å². The number of carboxylic acids is 1. The summed E-state index contributed by atoms with van der Waals surface area (Å²) in [6.07, 6.45) is 1.89. The number of nitrogens with zero attached hydrogens (tertiary/aromatic N) is 2. The summed E-state index contributed by atoms with van der Waals surface area (Å²) >= 11 is 0. The summed E-state index contributed by atoms with van der Waals surface area (Å²) < 4.78 is 1.60. The number of aliphatic carboxylic acids is 1. The van der Waals surface area contributed by atoms with E-state index < -0.39 is 5.97 Å². The van der Waals surface area contributed by atoms with Crippen LogP contribution in [-0.4, -0.2) is 34.8 Å². The van der Waals surface area contributed by atoms with Crippen molar-refractivity contribution in [2.45, 2.75) is 0 Å². The van der Waals surface area contributed by atoms with Crippen LogP contribution in [0.15, 0.2) is 5.10 Å². The van der Waals surface area contributed by atoms with E-state index in [0.717, 1.165) is 0 Å². The number of hydrogen-bond acceptors (Lipinski definition) is 4. The Bertz CT molecular complexity index is 239. The summed E-state index contributed by atoms with van der Waals surface area (Å²) in [4.78, 5) is 10.2. The topological polar surface area (TPSA) is 55.7 Å². The minimum atomic E-state index is -1.20. The van der Waals surface area contributed by atoms with Crippen LogP contribution in [0.2, 0.25) is 0 Å². The maximum absolute atomic E-state index is 10.2. The third kappa shape index (κ3) is 2.59. The predicted molar refractivity (Wildman–Crippen MR) is 39.8 cm³/mol. The molecule has 0 bridgehead atoms. The van der Waals surface area contributed by atoms with Crippen LogP contribution in [0.25, 0.3) is 0 Å². The molecule has 0 N–H and O–H groups in total. The molecule has 0 saturated heterocycles. The van der Waals surface area contributed by atoms with Gasteiger partial charge in [-0.2, -0.15) is 5.10 Å². The SMILES string of the molecule is CN1N=C(C(=O)[O-])C=S1C.[Na+]. The number of carbonyl (C=O) groups is 1. The minimum absolute atomic E-state index is 0. The van der Waals surface area contributed by atoms with Gasteiger partial charge in [-0.25, -0.2) is 4.41 Å². The molecule has 0 saturated carbocycles. The van der Waals surface area contributed by atoms with Gasteiger partial charge in [0.25, 0.3) is 0 Å². The van der Waals surface area contributed by atoms with Crippen molar-refractivity contribution < 1.29 is 39.5 Å². The molecule has 1 unspecified atom stereocenters. The Kier molecular flexibility index (Phi) is 4.31. The summed E-state index contributed by atoms with van der Waals surface area (Å²) in [7, 11) is 1.55. The van der Waals surface area contributed by atoms with Gasteiger partial charge < -0.3 is 9.90 Å². The van der Waals surface area contributed by atoms with Crippen LogP contribution < -0.4 is 34.7 Å². The molecule has 0 aromatic rings. The van der Waals surface area contributed by atoms with Crippen LogP contribution in [0.3, 0.4) is 0 Å². The third-order valence-electron chi connectivity index (χ3n) is 1.16. The van der Waals surface area contributed by atoms with E-state index in [1.165, 1.54) is 0 Å². The van der Waals surface area contributed by atoms with E-state index in [1.807, 2.05) is 6.26 Å². The zero-order valence-corrected chi connectivity index (χ0v) is 9.51. The van der Waals surface area contributed by atoms with Gasteiger partial charge in [0.05, 0.1) is 5.97 Å². The summed E-state index contributed by atoms with van der Waals surface area (Å²) in [5, 5.41) is 15.5. The summed E-state index contributed by atoms with van der Waals surface area (Å²) in [6, 6.07) is 0. The molecular weight excluding hydrogens is 175 g/mol. The molecule has 0 spiro atoms. The van der Waals surface area contributed by atoms with Crippen molar-refractivity contribution in [1.29, 1.82) is 0 Å². The fourth-order valence-electron chi connectivity index (χ4n) is 0.566. The van der Waals surface area contributed by atoms with Crippen molar-refractivity contribution in [3.8, 4) is 0 Å². The van der Waals surface area contributed by atoms with Crippen LogP contribution in [0.4, 0.5) is 0 Å². The van der Waals surface area contributed by atoms with E-state index in [0.29, 0.717) is 0 Å². The van der Waals surface area contributed by atoms with E-state index in [2.05, 4.69) is 5.10 Å². The van der Waals surface area contributed by atoms with Gasteiger partial charge in [-0.1, -0.05) is 10.7 Å². The molecule has 4 nitrogen and oxygen atoms in total. The second-order valence-corrected chi connectivity index (χ2v) is 3.69. The molecule has 1 atom stereocenters. The van der Waals surface area contributed by atoms with Gasteiger partial charge in [0.1, 0.15) is 5.71 Å². The van der Waals surface area contributed by atoms with Gasteiger partial charge in [-0.15, -0.1) is 0 Å². The monoisotopic (exact) mass is 182 g/mol. The Balaban J connectivity index is 0.000001000. The van der Waals surface area contributed by atoms with Crippen molar-refractivity contribution in [3.63, 3.8) is 0 Å². The second kappa shape index (κ2) is 4.25. The van der Waals surface area contributed by atoms with Crippen LogP contribution in [0.1, 0.15) is 0 Å². The molecule has 1 heterocycles. The zero-order valence-electron chi connectivity index (χ0n) is 6.70. The van der Waals surface area contributed by atoms with E-state index in [1.54, 1.807) is 16.8 Å². The number of hydrogen-bond donors (Lipinski definition) is 0. The van der Waals surface area contributed by atoms with Crippen LogP contribution in [-0.2, 0) is 4.79 Å². The molecule has 0 aromatic heterocycles. The second-order valence-electron chi connectivity index (χ2n) is 1.88. The summed E-state index contributed by atoms with van der Waals surface area (Å²) in [5.41, 5.74) is 0.0355. The largest absolute Gasteiger partial charge is 1.00 e. The Hall–Kier alpha value is 0.160. The van der Waals surface area contributed by atoms with Gasteiger partial charge in [-0.3, -0.25) is 0 Å². The molecule has 0 aliphatic carbocycles. The number of hydrazone groups is 1. The molecule has 1 rings (SSSR count). The van der Waals surface area contributed by atoms with Crippen LogP contribution >= 0.6 is 10.7 Å². The van der Waals surface area contributed by atoms with Gasteiger partial charge in [0.2, 0.25) is 0 Å². The fraction of sp³-hybridized carbons (Fsp3) is 0.400. The molecule has 0 amide bonds. The van der Waals surface area contributed by atoms with Gasteiger partial charge in [-0.05, 0) is 6.26 Å². The Labute approximate surface area is 89.6 Å². The first kappa shape index (κ1) is 11.2. The van der Waals surface area contributed by atoms with Crippen LogP contribution in [0.5, 0.6) is 0 Å². The van der Waals surface area contributed by atoms with Crippen molar-refractivity contribution >= 4 is 27.7 Å². The van der Waals surface area contributed by atoms with Crippen molar-refractivity contribution in [1.82, 2.24) is 4.41 Å². The maximum atomic E-state index is 10.2. The van der Waals surface area contributed by atoms with Crippen molar-refractivity contribution in [3.05, 3.63) is 0 Å². The zero-order chi connectivity index (χ0) is 7.72. The smallest absolute Gasteiger partial charge is 0.543 e. The molecule has 0 radical (unpaired) electrons. The molecule has 0 aromatic carbocycles. The Morgan fingerprint density at radius 1 is 1.82 bits per heavy atom. The minimum Gasteiger partial charge on any atom is -0.543 e. The molecule has 1 aliphatic heterocycles. The third-order valence-corrected chi connectivity index (χ3v) is 2.64. The number of carboxylic acid groups (broad SMARTS) is 1. The molecular formula is C5H7N2NaO2S. The average molecular weight is 182 g/mol. The first-order chi connectivity index (χ1) is 4.61. The summed E-state index contributed by atoms with van der Waals surface area (Å²) in [5.74, 6) is -1.20. The normalized spacial score (nSPS) is 21.8. The Morgan fingerprint density at radius 3 is 2.55 bits per heavy atom. The molecule has 0 fully saturated rings. The van der Waals surface area contributed by atoms with Crippen LogP contribution in [0, 0.1) is 0 Å². The number of rotatable bonds is 1. The van der Waals surface area contributed by atoms with Gasteiger partial charge in [0.15, 0.2) is 0 Å². The van der Waals surface area contributed by atoms with E-state index in [-0.39, 0.29) is 45.9 Å². The number of carbonyl (C=O) groups excluding carboxylic acids is 1. The molecule has 1 aliphatic rings. The molecule has 11 heavy (non-hydrogen) atoms.